The van der Waals surface area contributed by atoms with Crippen LogP contribution in [0.5, 0.6) is 11.6 Å². The summed E-state index contributed by atoms with van der Waals surface area (Å²) >= 11 is 0. The molecule has 0 radical (unpaired) electrons. The number of rotatable bonds is 6. The van der Waals surface area contributed by atoms with Gasteiger partial charge in [-0.3, -0.25) is 4.79 Å². The summed E-state index contributed by atoms with van der Waals surface area (Å²) in [7, 11) is 0. The Hall–Kier alpha value is -3.34. The number of aromatic nitrogens is 1. The SMILES string of the molecule is O=C(NCc1ccnc(OCc2ccccc2)c1)[C@@H]1COc2ccccc2C1. The maximum Gasteiger partial charge on any atom is 0.227 e. The molecule has 0 fully saturated rings. The number of nitrogens with one attached hydrogen (secondary N) is 1. The largest absolute Gasteiger partial charge is 0.492 e. The van der Waals surface area contributed by atoms with Crippen LogP contribution >= 0.6 is 0 Å². The number of hydrogen-bond acceptors (Lipinski definition) is 4. The minimum Gasteiger partial charge on any atom is -0.492 e. The Morgan fingerprint density at radius 3 is 2.79 bits per heavy atom. The van der Waals surface area contributed by atoms with Crippen LogP contribution in [0, 0.1) is 5.92 Å². The van der Waals surface area contributed by atoms with Gasteiger partial charge in [-0.1, -0.05) is 48.5 Å². The van der Waals surface area contributed by atoms with Crippen LogP contribution in [0.3, 0.4) is 0 Å². The number of carbonyl (C=O) groups is 1. The van der Waals surface area contributed by atoms with Gasteiger partial charge in [-0.15, -0.1) is 0 Å². The summed E-state index contributed by atoms with van der Waals surface area (Å²) < 4.78 is 11.5. The van der Waals surface area contributed by atoms with Crippen LogP contribution in [0.25, 0.3) is 0 Å². The Kier molecular flexibility index (Phi) is 5.52. The van der Waals surface area contributed by atoms with E-state index in [9.17, 15) is 4.79 Å². The molecular weight excluding hydrogens is 352 g/mol. The molecule has 0 saturated heterocycles. The lowest BCUT2D eigenvalue weighted by Crippen LogP contribution is -2.37. The lowest BCUT2D eigenvalue weighted by Gasteiger charge is -2.24. The predicted molar refractivity (Wildman–Crippen MR) is 106 cm³/mol. The molecule has 1 amide bonds. The van der Waals surface area contributed by atoms with Crippen LogP contribution in [0.1, 0.15) is 16.7 Å². The van der Waals surface area contributed by atoms with Crippen molar-refractivity contribution in [3.8, 4) is 11.6 Å². The molecule has 28 heavy (non-hydrogen) atoms. The minimum absolute atomic E-state index is 0.00179. The van der Waals surface area contributed by atoms with E-state index in [0.29, 0.717) is 32.1 Å². The van der Waals surface area contributed by atoms with Crippen molar-refractivity contribution in [3.63, 3.8) is 0 Å². The summed E-state index contributed by atoms with van der Waals surface area (Å²) in [5.41, 5.74) is 3.11. The molecule has 2 aromatic carbocycles. The first kappa shape index (κ1) is 18.0. The van der Waals surface area contributed by atoms with Crippen LogP contribution in [0.15, 0.2) is 72.9 Å². The number of amides is 1. The van der Waals surface area contributed by atoms with Crippen molar-refractivity contribution >= 4 is 5.91 Å². The summed E-state index contributed by atoms with van der Waals surface area (Å²) in [5, 5.41) is 3.00. The zero-order valence-electron chi connectivity index (χ0n) is 15.5. The molecule has 1 atom stereocenters. The molecule has 2 heterocycles. The van der Waals surface area contributed by atoms with Gasteiger partial charge in [0.25, 0.3) is 0 Å². The lowest BCUT2D eigenvalue weighted by atomic mass is 9.96. The predicted octanol–water partition coefficient (Wildman–Crippen LogP) is 3.53. The Labute approximate surface area is 164 Å². The lowest BCUT2D eigenvalue weighted by molar-refractivity contribution is -0.126. The summed E-state index contributed by atoms with van der Waals surface area (Å²) in [4.78, 5) is 16.8. The van der Waals surface area contributed by atoms with E-state index in [0.717, 1.165) is 22.4 Å². The van der Waals surface area contributed by atoms with E-state index in [-0.39, 0.29) is 11.8 Å². The van der Waals surface area contributed by atoms with Crippen molar-refractivity contribution in [2.45, 2.75) is 19.6 Å². The summed E-state index contributed by atoms with van der Waals surface area (Å²) in [6.07, 6.45) is 2.39. The Morgan fingerprint density at radius 2 is 1.89 bits per heavy atom. The van der Waals surface area contributed by atoms with Crippen molar-refractivity contribution in [1.29, 1.82) is 0 Å². The van der Waals surface area contributed by atoms with Crippen LogP contribution in [0.2, 0.25) is 0 Å². The van der Waals surface area contributed by atoms with Crippen LogP contribution < -0.4 is 14.8 Å². The van der Waals surface area contributed by atoms with Gasteiger partial charge < -0.3 is 14.8 Å². The molecule has 142 valence electrons. The van der Waals surface area contributed by atoms with Crippen LogP contribution in [-0.2, 0) is 24.4 Å². The molecule has 4 rings (SSSR count). The average Bonchev–Trinajstić information content (AvgIpc) is 2.77. The fourth-order valence-corrected chi connectivity index (χ4v) is 3.20. The van der Waals surface area contributed by atoms with Gasteiger partial charge in [0.15, 0.2) is 0 Å². The van der Waals surface area contributed by atoms with Crippen molar-refractivity contribution in [2.24, 2.45) is 5.92 Å². The van der Waals surface area contributed by atoms with Gasteiger partial charge in [0.1, 0.15) is 19.0 Å². The first-order valence-electron chi connectivity index (χ1n) is 9.38. The van der Waals surface area contributed by atoms with E-state index in [1.165, 1.54) is 0 Å². The Morgan fingerprint density at radius 1 is 1.07 bits per heavy atom. The normalized spacial score (nSPS) is 15.2. The molecule has 1 aromatic heterocycles. The van der Waals surface area contributed by atoms with Gasteiger partial charge in [-0.25, -0.2) is 4.98 Å². The fourth-order valence-electron chi connectivity index (χ4n) is 3.20. The Balaban J connectivity index is 1.30. The quantitative estimate of drug-likeness (QED) is 0.717. The van der Waals surface area contributed by atoms with E-state index in [1.807, 2.05) is 66.7 Å². The highest BCUT2D eigenvalue weighted by Crippen LogP contribution is 2.26. The fraction of sp³-hybridized carbons (Fsp3) is 0.217. The zero-order valence-corrected chi connectivity index (χ0v) is 15.5. The van der Waals surface area contributed by atoms with Gasteiger partial charge in [0.05, 0.1) is 5.92 Å². The minimum atomic E-state index is -0.175. The number of para-hydroxylation sites is 1. The molecule has 5 heteroatoms. The second-order valence-electron chi connectivity index (χ2n) is 6.81. The maximum atomic E-state index is 12.5. The molecule has 0 saturated carbocycles. The molecule has 1 N–H and O–H groups in total. The first-order chi connectivity index (χ1) is 13.8. The third-order valence-electron chi connectivity index (χ3n) is 4.75. The molecule has 0 bridgehead atoms. The van der Waals surface area contributed by atoms with Gasteiger partial charge in [0, 0.05) is 18.8 Å². The van der Waals surface area contributed by atoms with E-state index in [4.69, 9.17) is 9.47 Å². The summed E-state index contributed by atoms with van der Waals surface area (Å²) in [6.45, 7) is 1.30. The topological polar surface area (TPSA) is 60.5 Å². The summed E-state index contributed by atoms with van der Waals surface area (Å²) in [5.74, 6) is 1.25. The smallest absolute Gasteiger partial charge is 0.227 e. The third-order valence-corrected chi connectivity index (χ3v) is 4.75. The van der Waals surface area contributed by atoms with Crippen LogP contribution in [0.4, 0.5) is 0 Å². The number of hydrogen-bond donors (Lipinski definition) is 1. The van der Waals surface area contributed by atoms with E-state index >= 15 is 0 Å². The number of nitrogens with zero attached hydrogens (tertiary/aromatic N) is 1. The molecule has 0 aliphatic carbocycles. The van der Waals surface area contributed by atoms with Gasteiger partial charge in [-0.05, 0) is 35.2 Å². The highest BCUT2D eigenvalue weighted by atomic mass is 16.5. The molecule has 3 aromatic rings. The van der Waals surface area contributed by atoms with Gasteiger partial charge >= 0.3 is 0 Å². The van der Waals surface area contributed by atoms with Crippen molar-refractivity contribution < 1.29 is 14.3 Å². The number of pyridine rings is 1. The van der Waals surface area contributed by atoms with Crippen molar-refractivity contribution in [3.05, 3.63) is 89.6 Å². The second kappa shape index (κ2) is 8.57. The van der Waals surface area contributed by atoms with E-state index in [1.54, 1.807) is 6.20 Å². The molecule has 1 aliphatic rings. The molecule has 1 aliphatic heterocycles. The zero-order chi connectivity index (χ0) is 19.2. The number of carbonyl (C=O) groups excluding carboxylic acids is 1. The molecule has 0 unspecified atom stereocenters. The number of ether oxygens (including phenoxy) is 2. The maximum absolute atomic E-state index is 12.5. The molecule has 0 spiro atoms. The Bertz CT molecular complexity index is 943. The van der Waals surface area contributed by atoms with E-state index in [2.05, 4.69) is 10.3 Å². The molecular formula is C23H22N2O3. The number of benzene rings is 2. The first-order valence-corrected chi connectivity index (χ1v) is 9.38. The van der Waals surface area contributed by atoms with Crippen molar-refractivity contribution in [2.75, 3.05) is 6.61 Å². The number of fused-ring (bicyclic) bond motifs is 1. The van der Waals surface area contributed by atoms with Crippen LogP contribution in [-0.4, -0.2) is 17.5 Å². The van der Waals surface area contributed by atoms with Gasteiger partial charge in [0.2, 0.25) is 11.8 Å². The van der Waals surface area contributed by atoms with Crippen molar-refractivity contribution in [1.82, 2.24) is 10.3 Å². The highest BCUT2D eigenvalue weighted by molar-refractivity contribution is 5.79. The average molecular weight is 374 g/mol. The molecule has 5 nitrogen and oxygen atoms in total. The van der Waals surface area contributed by atoms with E-state index < -0.39 is 0 Å². The second-order valence-corrected chi connectivity index (χ2v) is 6.81. The highest BCUT2D eigenvalue weighted by Gasteiger charge is 2.25. The monoisotopic (exact) mass is 374 g/mol. The summed E-state index contributed by atoms with van der Waals surface area (Å²) in [6, 6.07) is 21.5. The third kappa shape index (κ3) is 4.49. The van der Waals surface area contributed by atoms with Gasteiger partial charge in [-0.2, -0.15) is 0 Å². The standard InChI is InChI=1S/C23H22N2O3/c26-23(20-13-19-8-4-5-9-21(19)27-16-20)25-14-18-10-11-24-22(12-18)28-15-17-6-2-1-3-7-17/h1-12,20H,13-16H2,(H,25,26)/t20-/m0/s1.